The summed E-state index contributed by atoms with van der Waals surface area (Å²) in [5, 5.41) is 2.84. The second-order valence-corrected chi connectivity index (χ2v) is 8.60. The number of carbonyl (C=O) groups excluding carboxylic acids is 1. The van der Waals surface area contributed by atoms with Gasteiger partial charge in [0.15, 0.2) is 0 Å². The molecule has 1 amide bonds. The van der Waals surface area contributed by atoms with E-state index in [1.165, 1.54) is 23.6 Å². The lowest BCUT2D eigenvalue weighted by Gasteiger charge is -2.26. The van der Waals surface area contributed by atoms with Crippen molar-refractivity contribution in [2.24, 2.45) is 0 Å². The van der Waals surface area contributed by atoms with Crippen LogP contribution < -0.4 is 5.32 Å². The maximum absolute atomic E-state index is 12.1. The van der Waals surface area contributed by atoms with Gasteiger partial charge < -0.3 is 10.2 Å². The number of carbonyl (C=O) groups is 1. The molecule has 0 spiro atoms. The molecule has 1 aliphatic rings. The molecule has 0 aliphatic carbocycles. The Labute approximate surface area is 151 Å². The molecule has 0 radical (unpaired) electrons. The summed E-state index contributed by atoms with van der Waals surface area (Å²) in [6.45, 7) is 3.93. The first-order valence-corrected chi connectivity index (χ1v) is 10.8. The lowest BCUT2D eigenvalue weighted by atomic mass is 10.1. The Morgan fingerprint density at radius 3 is 2.48 bits per heavy atom. The Balaban J connectivity index is 1.75. The highest BCUT2D eigenvalue weighted by molar-refractivity contribution is 7.88. The number of likely N-dealkylation sites (tertiary alicyclic amines) is 1. The molecule has 0 atom stereocenters. The second kappa shape index (κ2) is 9.89. The zero-order chi connectivity index (χ0) is 18.1. The summed E-state index contributed by atoms with van der Waals surface area (Å²) in [5.41, 5.74) is 0.867. The number of nitrogens with one attached hydrogen (secondary N) is 1. The van der Waals surface area contributed by atoms with Gasteiger partial charge in [0.2, 0.25) is 15.9 Å². The van der Waals surface area contributed by atoms with Crippen LogP contribution in [0.2, 0.25) is 0 Å². The van der Waals surface area contributed by atoms with Crippen LogP contribution in [0, 0.1) is 0 Å². The number of nitrogens with zero attached hydrogens (tertiary/aromatic N) is 2. The van der Waals surface area contributed by atoms with Crippen LogP contribution in [0.25, 0.3) is 0 Å². The van der Waals surface area contributed by atoms with E-state index < -0.39 is 10.0 Å². The summed E-state index contributed by atoms with van der Waals surface area (Å²) in [5.74, 6) is -0.250. The average molecular weight is 368 g/mol. The van der Waals surface area contributed by atoms with Crippen LogP contribution in [0.1, 0.15) is 31.2 Å². The molecule has 1 aliphatic heterocycles. The minimum atomic E-state index is -3.44. The van der Waals surface area contributed by atoms with Crippen LogP contribution in [0.5, 0.6) is 0 Å². The number of sulfonamides is 1. The number of hydrogen-bond acceptors (Lipinski definition) is 4. The minimum Gasteiger partial charge on any atom is -0.355 e. The first kappa shape index (κ1) is 19.9. The predicted molar refractivity (Wildman–Crippen MR) is 99.6 cm³/mol. The van der Waals surface area contributed by atoms with Crippen LogP contribution in [0.3, 0.4) is 0 Å². The van der Waals surface area contributed by atoms with Crippen LogP contribution >= 0.6 is 0 Å². The van der Waals surface area contributed by atoms with Crippen molar-refractivity contribution in [3.05, 3.63) is 35.9 Å². The lowest BCUT2D eigenvalue weighted by molar-refractivity contribution is -0.121. The molecule has 0 aromatic heterocycles. The van der Waals surface area contributed by atoms with Gasteiger partial charge in [-0.2, -0.15) is 4.31 Å². The van der Waals surface area contributed by atoms with Crippen molar-refractivity contribution in [3.63, 3.8) is 0 Å². The van der Waals surface area contributed by atoms with Crippen LogP contribution in [0.4, 0.5) is 0 Å². The van der Waals surface area contributed by atoms with E-state index in [4.69, 9.17) is 0 Å². The predicted octanol–water partition coefficient (Wildman–Crippen LogP) is 1.44. The van der Waals surface area contributed by atoms with Crippen molar-refractivity contribution in [2.75, 3.05) is 39.0 Å². The summed E-state index contributed by atoms with van der Waals surface area (Å²) < 4.78 is 25.1. The second-order valence-electron chi connectivity index (χ2n) is 6.62. The molecule has 1 aromatic carbocycles. The van der Waals surface area contributed by atoms with Gasteiger partial charge in [-0.25, -0.2) is 8.42 Å². The number of piperidine rings is 1. The van der Waals surface area contributed by atoms with Gasteiger partial charge in [-0.05, 0) is 44.5 Å². The topological polar surface area (TPSA) is 69.7 Å². The molecule has 140 valence electrons. The average Bonchev–Trinajstić information content (AvgIpc) is 2.59. The summed E-state index contributed by atoms with van der Waals surface area (Å²) >= 11 is 0. The molecule has 2 rings (SSSR count). The third-order valence-corrected chi connectivity index (χ3v) is 5.61. The first-order chi connectivity index (χ1) is 11.9. The van der Waals surface area contributed by atoms with E-state index in [0.717, 1.165) is 37.9 Å². The highest BCUT2D eigenvalue weighted by Gasteiger charge is 2.20. The van der Waals surface area contributed by atoms with E-state index in [1.807, 2.05) is 30.3 Å². The molecule has 1 aromatic rings. The van der Waals surface area contributed by atoms with Crippen molar-refractivity contribution in [1.29, 1.82) is 0 Å². The SMILES string of the molecule is CS(=O)(=O)N(CC(=O)NCCCN1CCCCC1)Cc1ccccc1. The molecule has 6 nitrogen and oxygen atoms in total. The fourth-order valence-corrected chi connectivity index (χ4v) is 3.74. The van der Waals surface area contributed by atoms with E-state index in [1.54, 1.807) is 0 Å². The number of amides is 1. The molecule has 0 unspecified atom stereocenters. The van der Waals surface area contributed by atoms with Gasteiger partial charge in [-0.3, -0.25) is 4.79 Å². The van der Waals surface area contributed by atoms with Crippen molar-refractivity contribution >= 4 is 15.9 Å². The van der Waals surface area contributed by atoms with Gasteiger partial charge in [0.05, 0.1) is 12.8 Å². The van der Waals surface area contributed by atoms with Gasteiger partial charge >= 0.3 is 0 Å². The van der Waals surface area contributed by atoms with E-state index in [2.05, 4.69) is 10.2 Å². The zero-order valence-corrected chi connectivity index (χ0v) is 15.8. The minimum absolute atomic E-state index is 0.141. The number of hydrogen-bond donors (Lipinski definition) is 1. The highest BCUT2D eigenvalue weighted by Crippen LogP contribution is 2.09. The molecule has 1 saturated heterocycles. The van der Waals surface area contributed by atoms with Gasteiger partial charge in [0.25, 0.3) is 0 Å². The lowest BCUT2D eigenvalue weighted by Crippen LogP contribution is -2.40. The van der Waals surface area contributed by atoms with E-state index in [0.29, 0.717) is 6.54 Å². The maximum Gasteiger partial charge on any atom is 0.235 e. The molecule has 1 N–H and O–H groups in total. The number of rotatable bonds is 9. The maximum atomic E-state index is 12.1. The van der Waals surface area contributed by atoms with Gasteiger partial charge in [0.1, 0.15) is 0 Å². The third-order valence-electron chi connectivity index (χ3n) is 4.41. The fraction of sp³-hybridized carbons (Fsp3) is 0.611. The van der Waals surface area contributed by atoms with Crippen LogP contribution in [0.15, 0.2) is 30.3 Å². The first-order valence-electron chi connectivity index (χ1n) is 8.93. The highest BCUT2D eigenvalue weighted by atomic mass is 32.2. The Hall–Kier alpha value is -1.44. The largest absolute Gasteiger partial charge is 0.355 e. The van der Waals surface area contributed by atoms with Gasteiger partial charge in [0, 0.05) is 13.1 Å². The van der Waals surface area contributed by atoms with E-state index in [9.17, 15) is 13.2 Å². The molecule has 1 fully saturated rings. The number of benzene rings is 1. The normalized spacial score (nSPS) is 16.1. The summed E-state index contributed by atoms with van der Waals surface area (Å²) in [6.07, 6.45) is 5.86. The summed E-state index contributed by atoms with van der Waals surface area (Å²) in [6, 6.07) is 9.31. The van der Waals surface area contributed by atoms with E-state index in [-0.39, 0.29) is 19.0 Å². The Kier molecular flexibility index (Phi) is 7.87. The molecule has 25 heavy (non-hydrogen) atoms. The summed E-state index contributed by atoms with van der Waals surface area (Å²) in [7, 11) is -3.44. The van der Waals surface area contributed by atoms with E-state index >= 15 is 0 Å². The van der Waals surface area contributed by atoms with Crippen molar-refractivity contribution in [3.8, 4) is 0 Å². The Bertz CT molecular complexity index is 628. The molecule has 0 bridgehead atoms. The van der Waals surface area contributed by atoms with Crippen molar-refractivity contribution in [1.82, 2.24) is 14.5 Å². The molecule has 7 heteroatoms. The quantitative estimate of drug-likeness (QED) is 0.671. The standard InChI is InChI=1S/C18H29N3O3S/c1-25(23,24)21(15-17-9-4-2-5-10-17)16-18(22)19-11-8-14-20-12-6-3-7-13-20/h2,4-5,9-10H,3,6-8,11-16H2,1H3,(H,19,22). The zero-order valence-electron chi connectivity index (χ0n) is 15.0. The molecule has 0 saturated carbocycles. The monoisotopic (exact) mass is 367 g/mol. The Morgan fingerprint density at radius 2 is 1.84 bits per heavy atom. The smallest absolute Gasteiger partial charge is 0.235 e. The van der Waals surface area contributed by atoms with Crippen molar-refractivity contribution < 1.29 is 13.2 Å². The molecular formula is C18H29N3O3S. The van der Waals surface area contributed by atoms with Crippen LogP contribution in [-0.4, -0.2) is 62.5 Å². The van der Waals surface area contributed by atoms with Crippen LogP contribution in [-0.2, 0) is 21.4 Å². The summed E-state index contributed by atoms with van der Waals surface area (Å²) in [4.78, 5) is 14.5. The van der Waals surface area contributed by atoms with Gasteiger partial charge in [-0.15, -0.1) is 0 Å². The fourth-order valence-electron chi connectivity index (χ4n) is 3.01. The third kappa shape index (κ3) is 7.54. The van der Waals surface area contributed by atoms with Crippen molar-refractivity contribution in [2.45, 2.75) is 32.2 Å². The molecular weight excluding hydrogens is 338 g/mol. The van der Waals surface area contributed by atoms with Gasteiger partial charge in [-0.1, -0.05) is 36.8 Å². The molecule has 1 heterocycles. The Morgan fingerprint density at radius 1 is 1.16 bits per heavy atom.